The quantitative estimate of drug-likeness (QED) is 0.556. The van der Waals surface area contributed by atoms with Crippen LogP contribution in [0.2, 0.25) is 0 Å². The monoisotopic (exact) mass is 205 g/mol. The Kier molecular flexibility index (Phi) is 12.8. The Balaban J connectivity index is 0. The molecule has 0 fully saturated rings. The van der Waals surface area contributed by atoms with Gasteiger partial charge in [-0.3, -0.25) is 0 Å². The molecule has 0 saturated carbocycles. The normalized spacial score (nSPS) is 10.2. The van der Waals surface area contributed by atoms with Gasteiger partial charge in [0.2, 0.25) is 4.38 Å². The van der Waals surface area contributed by atoms with E-state index in [4.69, 9.17) is 10.00 Å². The summed E-state index contributed by atoms with van der Waals surface area (Å²) in [7, 11) is 0. The minimum Gasteiger partial charge on any atom is -0.476 e. The van der Waals surface area contributed by atoms with E-state index in [2.05, 4.69) is 24.8 Å². The minimum atomic E-state index is 0.208. The standard InChI is InChI=1S/C5H10OS2.C3H5N/c1-3-4(2)6-5(7)8;1-2-3-4/h4H,3H2,1-2H3,(H,7,8);2H2,1H3. The molecule has 12 heavy (non-hydrogen) atoms. The number of rotatable bonds is 2. The first-order chi connectivity index (χ1) is 5.58. The summed E-state index contributed by atoms with van der Waals surface area (Å²) in [6, 6.07) is 1.93. The van der Waals surface area contributed by atoms with Gasteiger partial charge in [0.1, 0.15) is 0 Å². The first kappa shape index (κ1) is 14.3. The van der Waals surface area contributed by atoms with Crippen molar-refractivity contribution in [1.29, 1.82) is 5.26 Å². The average Bonchev–Trinajstić information content (AvgIpc) is 2.04. The summed E-state index contributed by atoms with van der Waals surface area (Å²) >= 11 is 8.38. The van der Waals surface area contributed by atoms with Crippen LogP contribution >= 0.6 is 24.8 Å². The molecule has 0 amide bonds. The fourth-order valence-electron chi connectivity index (χ4n) is 0.255. The predicted octanol–water partition coefficient (Wildman–Crippen LogP) is 2.94. The Morgan fingerprint density at radius 2 is 2.08 bits per heavy atom. The van der Waals surface area contributed by atoms with E-state index in [1.165, 1.54) is 0 Å². The van der Waals surface area contributed by atoms with Crippen molar-refractivity contribution in [3.63, 3.8) is 0 Å². The summed E-state index contributed by atoms with van der Waals surface area (Å²) < 4.78 is 5.33. The molecule has 1 unspecified atom stereocenters. The van der Waals surface area contributed by atoms with E-state index in [-0.39, 0.29) is 6.10 Å². The molecule has 0 saturated heterocycles. The van der Waals surface area contributed by atoms with Gasteiger partial charge in [0.15, 0.2) is 0 Å². The number of ether oxygens (including phenoxy) is 1. The third-order valence-corrected chi connectivity index (χ3v) is 1.24. The van der Waals surface area contributed by atoms with Gasteiger partial charge < -0.3 is 4.74 Å². The Bertz CT molecular complexity index is 154. The topological polar surface area (TPSA) is 33.0 Å². The van der Waals surface area contributed by atoms with Crippen molar-refractivity contribution in [2.45, 2.75) is 39.7 Å². The minimum absolute atomic E-state index is 0.208. The highest BCUT2D eigenvalue weighted by atomic mass is 32.1. The van der Waals surface area contributed by atoms with E-state index in [1.807, 2.05) is 26.8 Å². The zero-order valence-corrected chi connectivity index (χ0v) is 9.41. The highest BCUT2D eigenvalue weighted by molar-refractivity contribution is 8.10. The van der Waals surface area contributed by atoms with Crippen LogP contribution < -0.4 is 0 Å². The summed E-state index contributed by atoms with van der Waals surface area (Å²) in [5.74, 6) is 0. The summed E-state index contributed by atoms with van der Waals surface area (Å²) in [4.78, 5) is 0. The van der Waals surface area contributed by atoms with Crippen molar-refractivity contribution in [2.24, 2.45) is 0 Å². The summed E-state index contributed by atoms with van der Waals surface area (Å²) in [5, 5.41) is 7.62. The molecule has 0 aliphatic heterocycles. The van der Waals surface area contributed by atoms with Gasteiger partial charge in [0, 0.05) is 6.42 Å². The van der Waals surface area contributed by atoms with Crippen LogP contribution in [0.4, 0.5) is 0 Å². The first-order valence-electron chi connectivity index (χ1n) is 3.84. The highest BCUT2D eigenvalue weighted by Crippen LogP contribution is 1.98. The molecule has 0 bridgehead atoms. The van der Waals surface area contributed by atoms with E-state index >= 15 is 0 Å². The maximum Gasteiger partial charge on any atom is 0.217 e. The van der Waals surface area contributed by atoms with Crippen LogP contribution in [-0.4, -0.2) is 10.5 Å². The predicted molar refractivity (Wildman–Crippen MR) is 58.3 cm³/mol. The van der Waals surface area contributed by atoms with Gasteiger partial charge in [-0.1, -0.05) is 26.5 Å². The SMILES string of the molecule is CCC#N.CCC(C)OC(=S)S. The van der Waals surface area contributed by atoms with Crippen LogP contribution in [0, 0.1) is 11.3 Å². The zero-order chi connectivity index (χ0) is 9.98. The number of hydrogen-bond acceptors (Lipinski definition) is 3. The van der Waals surface area contributed by atoms with E-state index in [1.54, 1.807) is 0 Å². The summed E-state index contributed by atoms with van der Waals surface area (Å²) in [5.41, 5.74) is 0. The first-order valence-corrected chi connectivity index (χ1v) is 4.70. The van der Waals surface area contributed by atoms with Gasteiger partial charge in [0.05, 0.1) is 12.2 Å². The average molecular weight is 205 g/mol. The Morgan fingerprint density at radius 3 is 2.17 bits per heavy atom. The van der Waals surface area contributed by atoms with Gasteiger partial charge in [-0.05, 0) is 25.6 Å². The Hall–Kier alpha value is -0.270. The smallest absolute Gasteiger partial charge is 0.217 e. The van der Waals surface area contributed by atoms with E-state index in [0.717, 1.165) is 6.42 Å². The maximum absolute atomic E-state index is 7.62. The largest absolute Gasteiger partial charge is 0.476 e. The Morgan fingerprint density at radius 1 is 1.67 bits per heavy atom. The molecule has 0 radical (unpaired) electrons. The fraction of sp³-hybridized carbons (Fsp3) is 0.750. The van der Waals surface area contributed by atoms with Crippen LogP contribution in [0.3, 0.4) is 0 Å². The molecule has 4 heteroatoms. The third-order valence-electron chi connectivity index (χ3n) is 1.04. The van der Waals surface area contributed by atoms with Gasteiger partial charge in [0.25, 0.3) is 0 Å². The number of nitriles is 1. The molecule has 0 aliphatic rings. The number of thiocarbonyl (C=S) groups is 1. The van der Waals surface area contributed by atoms with Crippen LogP contribution in [-0.2, 0) is 4.74 Å². The molecule has 0 aromatic heterocycles. The molecule has 0 rings (SSSR count). The van der Waals surface area contributed by atoms with Crippen LogP contribution in [0.5, 0.6) is 0 Å². The molecule has 0 N–H and O–H groups in total. The molecular formula is C8H15NOS2. The summed E-state index contributed by atoms with van der Waals surface area (Å²) in [6.07, 6.45) is 1.81. The lowest BCUT2D eigenvalue weighted by Crippen LogP contribution is -2.07. The third kappa shape index (κ3) is 16.4. The molecule has 0 spiro atoms. The molecule has 70 valence electrons. The molecule has 0 aromatic carbocycles. The maximum atomic E-state index is 7.62. The lowest BCUT2D eigenvalue weighted by Gasteiger charge is -2.08. The van der Waals surface area contributed by atoms with E-state index < -0.39 is 0 Å². The van der Waals surface area contributed by atoms with Gasteiger partial charge in [-0.25, -0.2) is 0 Å². The van der Waals surface area contributed by atoms with Gasteiger partial charge in [-0.15, -0.1) is 0 Å². The van der Waals surface area contributed by atoms with Gasteiger partial charge >= 0.3 is 0 Å². The molecule has 0 aliphatic carbocycles. The fourth-order valence-corrected chi connectivity index (χ4v) is 0.600. The lowest BCUT2D eigenvalue weighted by atomic mass is 10.3. The zero-order valence-electron chi connectivity index (χ0n) is 7.70. The van der Waals surface area contributed by atoms with Crippen molar-refractivity contribution in [1.82, 2.24) is 0 Å². The van der Waals surface area contributed by atoms with Crippen molar-refractivity contribution < 1.29 is 4.74 Å². The molecule has 0 aromatic rings. The second-order valence-electron chi connectivity index (χ2n) is 2.11. The van der Waals surface area contributed by atoms with Crippen molar-refractivity contribution in [2.75, 3.05) is 0 Å². The lowest BCUT2D eigenvalue weighted by molar-refractivity contribution is 0.217. The number of thiol groups is 1. The van der Waals surface area contributed by atoms with Crippen molar-refractivity contribution >= 4 is 29.2 Å². The molecule has 0 heterocycles. The van der Waals surface area contributed by atoms with Crippen molar-refractivity contribution in [3.05, 3.63) is 0 Å². The highest BCUT2D eigenvalue weighted by Gasteiger charge is 1.97. The second-order valence-corrected chi connectivity index (χ2v) is 3.19. The number of nitrogens with zero attached hydrogens (tertiary/aromatic N) is 1. The number of hydrogen-bond donors (Lipinski definition) is 1. The van der Waals surface area contributed by atoms with E-state index in [9.17, 15) is 0 Å². The molecule has 2 nitrogen and oxygen atoms in total. The second kappa shape index (κ2) is 10.7. The summed E-state index contributed by atoms with van der Waals surface area (Å²) in [6.45, 7) is 5.82. The van der Waals surface area contributed by atoms with Crippen molar-refractivity contribution in [3.8, 4) is 6.07 Å². The van der Waals surface area contributed by atoms with Crippen LogP contribution in [0.1, 0.15) is 33.6 Å². The van der Waals surface area contributed by atoms with E-state index in [0.29, 0.717) is 10.8 Å². The van der Waals surface area contributed by atoms with Crippen LogP contribution in [0.25, 0.3) is 0 Å². The Labute approximate surface area is 85.3 Å². The molecule has 1 atom stereocenters. The molecular weight excluding hydrogens is 190 g/mol. The van der Waals surface area contributed by atoms with Gasteiger partial charge in [-0.2, -0.15) is 5.26 Å². The van der Waals surface area contributed by atoms with Crippen LogP contribution in [0.15, 0.2) is 0 Å².